The highest BCUT2D eigenvalue weighted by molar-refractivity contribution is 5.48. The molecule has 3 heterocycles. The van der Waals surface area contributed by atoms with Gasteiger partial charge in [0, 0.05) is 56.2 Å². The van der Waals surface area contributed by atoms with Crippen molar-refractivity contribution in [3.05, 3.63) is 35.5 Å². The van der Waals surface area contributed by atoms with Gasteiger partial charge in [-0.05, 0) is 13.8 Å². The molecule has 25 heavy (non-hydrogen) atoms. The van der Waals surface area contributed by atoms with Crippen LogP contribution in [-0.2, 0) is 6.54 Å². The van der Waals surface area contributed by atoms with Crippen molar-refractivity contribution in [1.29, 1.82) is 0 Å². The van der Waals surface area contributed by atoms with E-state index in [0.29, 0.717) is 0 Å². The number of aryl methyl sites for hydroxylation is 1. The van der Waals surface area contributed by atoms with E-state index in [2.05, 4.69) is 31.7 Å². The summed E-state index contributed by atoms with van der Waals surface area (Å²) in [5, 5.41) is 0. The van der Waals surface area contributed by atoms with Gasteiger partial charge >= 0.3 is 0 Å². The highest BCUT2D eigenvalue weighted by Crippen LogP contribution is 2.30. The molecule has 7 nitrogen and oxygen atoms in total. The average molecular weight is 343 g/mol. The summed E-state index contributed by atoms with van der Waals surface area (Å²) in [6, 6.07) is 1.82. The monoisotopic (exact) mass is 343 g/mol. The number of ether oxygens (including phenoxy) is 2. The Morgan fingerprint density at radius 2 is 1.76 bits per heavy atom. The molecule has 3 rings (SSSR count). The van der Waals surface area contributed by atoms with Crippen LogP contribution in [0.2, 0.25) is 0 Å². The van der Waals surface area contributed by atoms with E-state index in [0.717, 1.165) is 67.0 Å². The SMILES string of the molecule is COc1ccnc(CN2CCN(c3ncnc(C)c3C)CC2)c1OC. The second-order valence-corrected chi connectivity index (χ2v) is 6.16. The first-order valence-corrected chi connectivity index (χ1v) is 8.45. The van der Waals surface area contributed by atoms with E-state index in [1.807, 2.05) is 13.0 Å². The predicted molar refractivity (Wildman–Crippen MR) is 96.3 cm³/mol. The van der Waals surface area contributed by atoms with E-state index >= 15 is 0 Å². The maximum Gasteiger partial charge on any atom is 0.183 e. The van der Waals surface area contributed by atoms with Crippen LogP contribution in [0.25, 0.3) is 0 Å². The molecular weight excluding hydrogens is 318 g/mol. The van der Waals surface area contributed by atoms with Gasteiger partial charge in [0.25, 0.3) is 0 Å². The van der Waals surface area contributed by atoms with Gasteiger partial charge in [-0.2, -0.15) is 0 Å². The third kappa shape index (κ3) is 3.66. The van der Waals surface area contributed by atoms with E-state index in [9.17, 15) is 0 Å². The van der Waals surface area contributed by atoms with E-state index in [-0.39, 0.29) is 0 Å². The first kappa shape index (κ1) is 17.4. The molecule has 1 fully saturated rings. The van der Waals surface area contributed by atoms with E-state index in [4.69, 9.17) is 9.47 Å². The molecule has 1 aliphatic heterocycles. The van der Waals surface area contributed by atoms with Crippen LogP contribution in [0.4, 0.5) is 5.82 Å². The van der Waals surface area contributed by atoms with Crippen LogP contribution in [0.3, 0.4) is 0 Å². The van der Waals surface area contributed by atoms with Crippen molar-refractivity contribution in [1.82, 2.24) is 19.9 Å². The van der Waals surface area contributed by atoms with Gasteiger partial charge in [0.2, 0.25) is 0 Å². The fourth-order valence-corrected chi connectivity index (χ4v) is 3.14. The lowest BCUT2D eigenvalue weighted by atomic mass is 10.2. The van der Waals surface area contributed by atoms with E-state index in [1.54, 1.807) is 26.7 Å². The number of rotatable bonds is 5. The fraction of sp³-hybridized carbons (Fsp3) is 0.500. The summed E-state index contributed by atoms with van der Waals surface area (Å²) in [6.45, 7) is 8.62. The molecular formula is C18H25N5O2. The lowest BCUT2D eigenvalue weighted by Gasteiger charge is -2.36. The van der Waals surface area contributed by atoms with Gasteiger partial charge in [0.15, 0.2) is 11.5 Å². The Kier molecular flexibility index (Phi) is 5.33. The summed E-state index contributed by atoms with van der Waals surface area (Å²) in [7, 11) is 3.30. The average Bonchev–Trinajstić information content (AvgIpc) is 2.64. The largest absolute Gasteiger partial charge is 0.493 e. The van der Waals surface area contributed by atoms with Crippen LogP contribution in [0.5, 0.6) is 11.5 Å². The zero-order valence-electron chi connectivity index (χ0n) is 15.3. The summed E-state index contributed by atoms with van der Waals surface area (Å²) in [4.78, 5) is 17.9. The quantitative estimate of drug-likeness (QED) is 0.820. The molecule has 1 saturated heterocycles. The molecule has 0 atom stereocenters. The normalized spacial score (nSPS) is 15.3. The van der Waals surface area contributed by atoms with Crippen LogP contribution >= 0.6 is 0 Å². The van der Waals surface area contributed by atoms with Gasteiger partial charge in [-0.1, -0.05) is 0 Å². The third-order valence-electron chi connectivity index (χ3n) is 4.72. The Labute approximate surface area is 148 Å². The number of hydrogen-bond donors (Lipinski definition) is 0. The van der Waals surface area contributed by atoms with Crippen molar-refractivity contribution >= 4 is 5.82 Å². The second kappa shape index (κ2) is 7.65. The summed E-state index contributed by atoms with van der Waals surface area (Å²) in [5.41, 5.74) is 3.11. The van der Waals surface area contributed by atoms with Crippen LogP contribution in [0, 0.1) is 13.8 Å². The zero-order chi connectivity index (χ0) is 17.8. The summed E-state index contributed by atoms with van der Waals surface area (Å²) in [5.74, 6) is 2.48. The molecule has 0 radical (unpaired) electrons. The van der Waals surface area contributed by atoms with Crippen LogP contribution in [0.15, 0.2) is 18.6 Å². The number of anilines is 1. The molecule has 0 bridgehead atoms. The first-order chi connectivity index (χ1) is 12.1. The zero-order valence-corrected chi connectivity index (χ0v) is 15.3. The van der Waals surface area contributed by atoms with Crippen molar-refractivity contribution in [3.63, 3.8) is 0 Å². The number of nitrogens with zero attached hydrogens (tertiary/aromatic N) is 5. The third-order valence-corrected chi connectivity index (χ3v) is 4.72. The van der Waals surface area contributed by atoms with Gasteiger partial charge in [0.05, 0.1) is 14.2 Å². The number of hydrogen-bond acceptors (Lipinski definition) is 7. The van der Waals surface area contributed by atoms with Gasteiger partial charge in [-0.25, -0.2) is 9.97 Å². The van der Waals surface area contributed by atoms with Gasteiger partial charge in [-0.3, -0.25) is 9.88 Å². The smallest absolute Gasteiger partial charge is 0.183 e. The van der Waals surface area contributed by atoms with Crippen molar-refractivity contribution in [2.75, 3.05) is 45.3 Å². The maximum absolute atomic E-state index is 5.49. The maximum atomic E-state index is 5.49. The van der Waals surface area contributed by atoms with E-state index in [1.165, 1.54) is 0 Å². The van der Waals surface area contributed by atoms with Crippen LogP contribution in [0.1, 0.15) is 17.0 Å². The summed E-state index contributed by atoms with van der Waals surface area (Å²) < 4.78 is 10.8. The number of pyridine rings is 1. The molecule has 134 valence electrons. The number of methoxy groups -OCH3 is 2. The van der Waals surface area contributed by atoms with Gasteiger partial charge < -0.3 is 14.4 Å². The molecule has 2 aromatic heterocycles. The highest BCUT2D eigenvalue weighted by Gasteiger charge is 2.22. The Balaban J connectivity index is 1.66. The van der Waals surface area contributed by atoms with Crippen molar-refractivity contribution in [3.8, 4) is 11.5 Å². The standard InChI is InChI=1S/C18H25N5O2/c1-13-14(2)20-12-21-18(13)23-9-7-22(8-10-23)11-15-17(25-4)16(24-3)5-6-19-15/h5-6,12H,7-11H2,1-4H3. The summed E-state index contributed by atoms with van der Waals surface area (Å²) in [6.07, 6.45) is 3.41. The lowest BCUT2D eigenvalue weighted by Crippen LogP contribution is -2.46. The summed E-state index contributed by atoms with van der Waals surface area (Å²) >= 11 is 0. The number of aromatic nitrogens is 3. The molecule has 0 N–H and O–H groups in total. The Bertz CT molecular complexity index is 729. The molecule has 0 aromatic carbocycles. The van der Waals surface area contributed by atoms with Crippen LogP contribution < -0.4 is 14.4 Å². The molecule has 0 amide bonds. The number of piperazine rings is 1. The van der Waals surface area contributed by atoms with Gasteiger partial charge in [-0.15, -0.1) is 0 Å². The minimum atomic E-state index is 0.717. The molecule has 0 aliphatic carbocycles. The van der Waals surface area contributed by atoms with Crippen LogP contribution in [-0.4, -0.2) is 60.3 Å². The molecule has 1 aliphatic rings. The molecule has 7 heteroatoms. The van der Waals surface area contributed by atoms with Gasteiger partial charge in [0.1, 0.15) is 17.8 Å². The van der Waals surface area contributed by atoms with Crippen molar-refractivity contribution in [2.45, 2.75) is 20.4 Å². The van der Waals surface area contributed by atoms with E-state index < -0.39 is 0 Å². The highest BCUT2D eigenvalue weighted by atomic mass is 16.5. The Morgan fingerprint density at radius 1 is 1.00 bits per heavy atom. The first-order valence-electron chi connectivity index (χ1n) is 8.45. The minimum Gasteiger partial charge on any atom is -0.493 e. The van der Waals surface area contributed by atoms with Crippen molar-refractivity contribution < 1.29 is 9.47 Å². The minimum absolute atomic E-state index is 0.717. The van der Waals surface area contributed by atoms with Crippen molar-refractivity contribution in [2.24, 2.45) is 0 Å². The Morgan fingerprint density at radius 3 is 2.44 bits per heavy atom. The molecule has 2 aromatic rings. The molecule has 0 spiro atoms. The molecule has 0 unspecified atom stereocenters. The second-order valence-electron chi connectivity index (χ2n) is 6.16. The fourth-order valence-electron chi connectivity index (χ4n) is 3.14. The lowest BCUT2D eigenvalue weighted by molar-refractivity contribution is 0.240. The topological polar surface area (TPSA) is 63.6 Å². The Hall–Kier alpha value is -2.41. The molecule has 0 saturated carbocycles. The predicted octanol–water partition coefficient (Wildman–Crippen LogP) is 1.83.